The minimum Gasteiger partial charge on any atom is -0.392 e. The summed E-state index contributed by atoms with van der Waals surface area (Å²) in [7, 11) is 1.67. The molecule has 0 aromatic rings. The molecule has 0 radical (unpaired) electrons. The van der Waals surface area contributed by atoms with Crippen LogP contribution in [-0.2, 0) is 14.3 Å². The van der Waals surface area contributed by atoms with Crippen LogP contribution < -0.4 is 5.32 Å². The Bertz CT molecular complexity index is 292. The number of likely N-dealkylation sites (N-methyl/N-ethyl adjacent to an activating group) is 1. The lowest BCUT2D eigenvalue weighted by Crippen LogP contribution is -2.33. The normalized spacial score (nSPS) is 12.1. The van der Waals surface area contributed by atoms with Crippen molar-refractivity contribution in [2.24, 2.45) is 0 Å². The second kappa shape index (κ2) is 15.0. The molecule has 130 valence electrons. The van der Waals surface area contributed by atoms with Gasteiger partial charge in [0.15, 0.2) is 0 Å². The molecular weight excluding hydrogens is 278 g/mol. The third-order valence-electron chi connectivity index (χ3n) is 3.99. The molecule has 0 heterocycles. The number of esters is 2. The van der Waals surface area contributed by atoms with Gasteiger partial charge < -0.3 is 10.1 Å². The van der Waals surface area contributed by atoms with Gasteiger partial charge in [0, 0.05) is 6.42 Å². The maximum atomic E-state index is 11.5. The van der Waals surface area contributed by atoms with Crippen LogP contribution in [0.1, 0.15) is 90.9 Å². The highest BCUT2D eigenvalue weighted by Gasteiger charge is 2.15. The number of unbranched alkanes of at least 4 members (excludes halogenated alkanes) is 10. The first-order valence-corrected chi connectivity index (χ1v) is 9.03. The van der Waals surface area contributed by atoms with Gasteiger partial charge in [0.2, 0.25) is 0 Å². The van der Waals surface area contributed by atoms with Crippen molar-refractivity contribution in [3.05, 3.63) is 0 Å². The van der Waals surface area contributed by atoms with Gasteiger partial charge in [0.1, 0.15) is 6.04 Å². The third kappa shape index (κ3) is 12.8. The third-order valence-corrected chi connectivity index (χ3v) is 3.99. The van der Waals surface area contributed by atoms with E-state index in [9.17, 15) is 9.59 Å². The van der Waals surface area contributed by atoms with E-state index in [0.717, 1.165) is 12.8 Å². The zero-order valence-electron chi connectivity index (χ0n) is 14.8. The van der Waals surface area contributed by atoms with Gasteiger partial charge in [0.05, 0.1) is 0 Å². The molecule has 1 N–H and O–H groups in total. The van der Waals surface area contributed by atoms with E-state index in [1.807, 2.05) is 0 Å². The number of carbonyl (C=O) groups is 2. The lowest BCUT2D eigenvalue weighted by Gasteiger charge is -2.08. The first-order valence-electron chi connectivity index (χ1n) is 9.03. The van der Waals surface area contributed by atoms with Gasteiger partial charge in [-0.1, -0.05) is 71.1 Å². The van der Waals surface area contributed by atoms with Gasteiger partial charge in [-0.25, -0.2) is 4.79 Å². The van der Waals surface area contributed by atoms with Crippen LogP contribution in [0, 0.1) is 0 Å². The Morgan fingerprint density at radius 1 is 0.864 bits per heavy atom. The van der Waals surface area contributed by atoms with Gasteiger partial charge in [0.25, 0.3) is 0 Å². The van der Waals surface area contributed by atoms with Crippen LogP contribution in [0.25, 0.3) is 0 Å². The number of hydrogen-bond acceptors (Lipinski definition) is 4. The molecule has 0 saturated carbocycles. The van der Waals surface area contributed by atoms with Crippen molar-refractivity contribution in [3.63, 3.8) is 0 Å². The molecule has 0 saturated heterocycles. The molecule has 22 heavy (non-hydrogen) atoms. The summed E-state index contributed by atoms with van der Waals surface area (Å²) in [5.41, 5.74) is 0. The van der Waals surface area contributed by atoms with Gasteiger partial charge >= 0.3 is 11.9 Å². The van der Waals surface area contributed by atoms with Crippen LogP contribution in [0.15, 0.2) is 0 Å². The van der Waals surface area contributed by atoms with E-state index < -0.39 is 18.0 Å². The topological polar surface area (TPSA) is 55.4 Å². The van der Waals surface area contributed by atoms with E-state index in [1.165, 1.54) is 57.8 Å². The van der Waals surface area contributed by atoms with Crippen molar-refractivity contribution in [2.75, 3.05) is 7.05 Å². The molecule has 0 spiro atoms. The number of carbonyl (C=O) groups excluding carboxylic acids is 2. The fourth-order valence-corrected chi connectivity index (χ4v) is 2.30. The molecule has 0 rings (SSSR count). The van der Waals surface area contributed by atoms with E-state index in [1.54, 1.807) is 14.0 Å². The summed E-state index contributed by atoms with van der Waals surface area (Å²) < 4.78 is 4.75. The van der Waals surface area contributed by atoms with Crippen molar-refractivity contribution < 1.29 is 14.3 Å². The molecule has 1 atom stereocenters. The number of ether oxygens (including phenoxy) is 1. The van der Waals surface area contributed by atoms with Crippen LogP contribution >= 0.6 is 0 Å². The summed E-state index contributed by atoms with van der Waals surface area (Å²) in [5.74, 6) is -0.890. The van der Waals surface area contributed by atoms with E-state index in [2.05, 4.69) is 12.2 Å². The maximum absolute atomic E-state index is 11.5. The van der Waals surface area contributed by atoms with E-state index in [4.69, 9.17) is 4.74 Å². The molecule has 0 fully saturated rings. The Balaban J connectivity index is 3.32. The fraction of sp³-hybridized carbons (Fsp3) is 0.889. The van der Waals surface area contributed by atoms with Crippen molar-refractivity contribution in [1.29, 1.82) is 0 Å². The largest absolute Gasteiger partial charge is 0.392 e. The zero-order chi connectivity index (χ0) is 16.6. The molecule has 0 aromatic heterocycles. The van der Waals surface area contributed by atoms with Crippen LogP contribution in [0.3, 0.4) is 0 Å². The van der Waals surface area contributed by atoms with Crippen LogP contribution in [-0.4, -0.2) is 25.0 Å². The van der Waals surface area contributed by atoms with Crippen molar-refractivity contribution in [3.8, 4) is 0 Å². The molecule has 0 amide bonds. The van der Waals surface area contributed by atoms with Gasteiger partial charge in [-0.2, -0.15) is 0 Å². The predicted octanol–water partition coefficient (Wildman–Crippen LogP) is 4.37. The van der Waals surface area contributed by atoms with Gasteiger partial charge in [-0.3, -0.25) is 4.79 Å². The lowest BCUT2D eigenvalue weighted by molar-refractivity contribution is -0.160. The Hall–Kier alpha value is -0.900. The number of rotatable bonds is 14. The van der Waals surface area contributed by atoms with Gasteiger partial charge in [-0.15, -0.1) is 0 Å². The predicted molar refractivity (Wildman–Crippen MR) is 90.7 cm³/mol. The Morgan fingerprint density at radius 2 is 1.32 bits per heavy atom. The standard InChI is InChI=1S/C18H35NO3/c1-4-5-6-7-8-9-10-11-12-13-14-15-17(20)22-18(21)16(2)19-3/h16,19H,4-15H2,1-3H3. The Labute approximate surface area is 136 Å². The molecule has 4 nitrogen and oxygen atoms in total. The average Bonchev–Trinajstić information content (AvgIpc) is 2.51. The second-order valence-electron chi connectivity index (χ2n) is 6.09. The summed E-state index contributed by atoms with van der Waals surface area (Å²) >= 11 is 0. The average molecular weight is 313 g/mol. The second-order valence-corrected chi connectivity index (χ2v) is 6.09. The first kappa shape index (κ1) is 21.1. The molecule has 1 unspecified atom stereocenters. The van der Waals surface area contributed by atoms with Crippen LogP contribution in [0.5, 0.6) is 0 Å². The van der Waals surface area contributed by atoms with Crippen molar-refractivity contribution in [1.82, 2.24) is 5.32 Å². The molecule has 0 aliphatic rings. The molecule has 0 aliphatic carbocycles. The van der Waals surface area contributed by atoms with E-state index in [0.29, 0.717) is 6.42 Å². The number of hydrogen-bond donors (Lipinski definition) is 1. The quantitative estimate of drug-likeness (QED) is 0.294. The minimum absolute atomic E-state index is 0.346. The first-order chi connectivity index (χ1) is 10.6. The zero-order valence-corrected chi connectivity index (χ0v) is 14.8. The number of nitrogens with one attached hydrogen (secondary N) is 1. The Morgan fingerprint density at radius 3 is 1.77 bits per heavy atom. The summed E-state index contributed by atoms with van der Waals surface area (Å²) in [6, 6.07) is -0.429. The monoisotopic (exact) mass is 313 g/mol. The summed E-state index contributed by atoms with van der Waals surface area (Å²) in [6.07, 6.45) is 14.0. The van der Waals surface area contributed by atoms with Crippen molar-refractivity contribution in [2.45, 2.75) is 96.9 Å². The molecule has 0 aromatic carbocycles. The molecule has 4 heteroatoms. The highest BCUT2D eigenvalue weighted by atomic mass is 16.6. The highest BCUT2D eigenvalue weighted by molar-refractivity contribution is 5.88. The highest BCUT2D eigenvalue weighted by Crippen LogP contribution is 2.12. The summed E-state index contributed by atoms with van der Waals surface area (Å²) in [5, 5.41) is 2.76. The van der Waals surface area contributed by atoms with Crippen LogP contribution in [0.4, 0.5) is 0 Å². The molecule has 0 aliphatic heterocycles. The minimum atomic E-state index is -0.490. The van der Waals surface area contributed by atoms with E-state index >= 15 is 0 Å². The molecular formula is C18H35NO3. The summed E-state index contributed by atoms with van der Waals surface area (Å²) in [4.78, 5) is 22.8. The SMILES string of the molecule is CCCCCCCCCCCCCC(=O)OC(=O)C(C)NC. The Kier molecular flexibility index (Phi) is 14.4. The lowest BCUT2D eigenvalue weighted by atomic mass is 10.1. The van der Waals surface area contributed by atoms with E-state index in [-0.39, 0.29) is 0 Å². The van der Waals surface area contributed by atoms with Gasteiger partial charge in [-0.05, 0) is 20.4 Å². The van der Waals surface area contributed by atoms with Crippen LogP contribution in [0.2, 0.25) is 0 Å². The maximum Gasteiger partial charge on any atom is 0.330 e. The fourth-order valence-electron chi connectivity index (χ4n) is 2.30. The molecule has 0 bridgehead atoms. The van der Waals surface area contributed by atoms with Crippen molar-refractivity contribution >= 4 is 11.9 Å². The smallest absolute Gasteiger partial charge is 0.330 e. The summed E-state index contributed by atoms with van der Waals surface area (Å²) in [6.45, 7) is 3.92.